The lowest BCUT2D eigenvalue weighted by atomic mass is 10.2. The minimum Gasteiger partial charge on any atom is -0.484 e. The van der Waals surface area contributed by atoms with Gasteiger partial charge in [-0.15, -0.1) is 24.0 Å². The number of nitrogens with one attached hydrogen (secondary N) is 2. The fourth-order valence-corrected chi connectivity index (χ4v) is 3.32. The number of guanidine groups is 1. The largest absolute Gasteiger partial charge is 0.484 e. The van der Waals surface area contributed by atoms with Crippen molar-refractivity contribution in [2.75, 3.05) is 46.4 Å². The lowest BCUT2D eigenvalue weighted by Crippen LogP contribution is -2.52. The molecule has 2 heterocycles. The van der Waals surface area contributed by atoms with E-state index in [-0.39, 0.29) is 36.5 Å². The fraction of sp³-hybridized carbons (Fsp3) is 0.476. The van der Waals surface area contributed by atoms with Crippen LogP contribution < -0.4 is 15.4 Å². The zero-order valence-corrected chi connectivity index (χ0v) is 20.4. The number of aliphatic imine (C=N–C) groups is 1. The van der Waals surface area contributed by atoms with Crippen molar-refractivity contribution in [2.24, 2.45) is 4.99 Å². The molecule has 1 fully saturated rings. The molecule has 1 saturated heterocycles. The fourth-order valence-electron chi connectivity index (χ4n) is 3.32. The quantitative estimate of drug-likeness (QED) is 0.298. The minimum atomic E-state index is -0.121. The van der Waals surface area contributed by atoms with E-state index in [4.69, 9.17) is 9.26 Å². The first-order chi connectivity index (χ1) is 14.7. The van der Waals surface area contributed by atoms with Gasteiger partial charge in [0, 0.05) is 58.9 Å². The van der Waals surface area contributed by atoms with Gasteiger partial charge < -0.3 is 24.8 Å². The summed E-state index contributed by atoms with van der Waals surface area (Å²) in [4.78, 5) is 20.6. The Bertz CT molecular complexity index is 822. The molecule has 9 nitrogen and oxygen atoms in total. The second-order valence-electron chi connectivity index (χ2n) is 7.04. The Morgan fingerprint density at radius 2 is 2.03 bits per heavy atom. The summed E-state index contributed by atoms with van der Waals surface area (Å²) in [5.41, 5.74) is 2.02. The van der Waals surface area contributed by atoms with E-state index in [0.717, 1.165) is 49.9 Å². The van der Waals surface area contributed by atoms with Crippen molar-refractivity contribution in [2.45, 2.75) is 20.0 Å². The van der Waals surface area contributed by atoms with Crippen LogP contribution in [0.3, 0.4) is 0 Å². The van der Waals surface area contributed by atoms with Crippen LogP contribution in [0.25, 0.3) is 0 Å². The first-order valence-electron chi connectivity index (χ1n) is 10.2. The average Bonchev–Trinajstić information content (AvgIpc) is 3.27. The number of carbonyl (C=O) groups excluding carboxylic acids is 1. The first kappa shape index (κ1) is 24.9. The van der Waals surface area contributed by atoms with Gasteiger partial charge in [0.2, 0.25) is 0 Å². The van der Waals surface area contributed by atoms with E-state index in [1.54, 1.807) is 13.3 Å². The summed E-state index contributed by atoms with van der Waals surface area (Å²) < 4.78 is 10.5. The maximum absolute atomic E-state index is 11.6. The molecule has 1 aromatic heterocycles. The summed E-state index contributed by atoms with van der Waals surface area (Å²) in [7, 11) is 1.80. The predicted octanol–water partition coefficient (Wildman–Crippen LogP) is 1.70. The molecule has 1 aliphatic heterocycles. The van der Waals surface area contributed by atoms with Crippen molar-refractivity contribution in [3.63, 3.8) is 0 Å². The monoisotopic (exact) mass is 542 g/mol. The summed E-state index contributed by atoms with van der Waals surface area (Å²) >= 11 is 0. The lowest BCUT2D eigenvalue weighted by molar-refractivity contribution is -0.122. The van der Waals surface area contributed by atoms with E-state index in [0.29, 0.717) is 18.8 Å². The van der Waals surface area contributed by atoms with Gasteiger partial charge in [0.1, 0.15) is 12.0 Å². The molecule has 2 aromatic rings. The number of piperazine rings is 1. The van der Waals surface area contributed by atoms with Crippen molar-refractivity contribution < 1.29 is 14.1 Å². The van der Waals surface area contributed by atoms with E-state index < -0.39 is 0 Å². The van der Waals surface area contributed by atoms with Gasteiger partial charge in [-0.2, -0.15) is 0 Å². The number of halogens is 1. The van der Waals surface area contributed by atoms with Crippen LogP contribution in [0.1, 0.15) is 18.2 Å². The van der Waals surface area contributed by atoms with Crippen LogP contribution in [0.5, 0.6) is 5.75 Å². The van der Waals surface area contributed by atoms with Gasteiger partial charge in [-0.25, -0.2) is 0 Å². The summed E-state index contributed by atoms with van der Waals surface area (Å²) in [6.07, 6.45) is 1.61. The highest BCUT2D eigenvalue weighted by Gasteiger charge is 2.20. The van der Waals surface area contributed by atoms with Crippen molar-refractivity contribution in [1.82, 2.24) is 25.6 Å². The summed E-state index contributed by atoms with van der Waals surface area (Å²) in [6.45, 7) is 7.61. The zero-order valence-electron chi connectivity index (χ0n) is 18.0. The van der Waals surface area contributed by atoms with Crippen molar-refractivity contribution in [3.8, 4) is 5.75 Å². The summed E-state index contributed by atoms with van der Waals surface area (Å²) in [5, 5.41) is 10.1. The maximum Gasteiger partial charge on any atom is 0.257 e. The third kappa shape index (κ3) is 8.02. The number of ether oxygens (including phenoxy) is 1. The smallest absolute Gasteiger partial charge is 0.257 e. The second-order valence-corrected chi connectivity index (χ2v) is 7.04. The Balaban J connectivity index is 0.00000341. The molecule has 1 aromatic carbocycles. The Hall–Kier alpha value is -2.34. The molecule has 0 radical (unpaired) electrons. The van der Waals surface area contributed by atoms with Gasteiger partial charge in [-0.3, -0.25) is 14.7 Å². The summed E-state index contributed by atoms with van der Waals surface area (Å²) in [5.74, 6) is 1.44. The normalized spacial score (nSPS) is 14.6. The SMILES string of the molecule is CCNC(=O)COc1cccc(CNC(=NC)N2CCN(Cc3ccon3)CC2)c1.I. The van der Waals surface area contributed by atoms with Crippen LogP contribution in [0.15, 0.2) is 46.1 Å². The van der Waals surface area contributed by atoms with E-state index in [9.17, 15) is 4.79 Å². The van der Waals surface area contributed by atoms with Crippen molar-refractivity contribution >= 4 is 35.8 Å². The molecule has 10 heteroatoms. The average molecular weight is 542 g/mol. The van der Waals surface area contributed by atoms with Crippen molar-refractivity contribution in [1.29, 1.82) is 0 Å². The third-order valence-electron chi connectivity index (χ3n) is 4.85. The Morgan fingerprint density at radius 1 is 1.23 bits per heavy atom. The molecular formula is C21H31IN6O3. The van der Waals surface area contributed by atoms with Crippen LogP contribution in [-0.2, 0) is 17.9 Å². The maximum atomic E-state index is 11.6. The molecule has 31 heavy (non-hydrogen) atoms. The van der Waals surface area contributed by atoms with Crippen LogP contribution in [0, 0.1) is 0 Å². The molecule has 3 rings (SSSR count). The van der Waals surface area contributed by atoms with Gasteiger partial charge >= 0.3 is 0 Å². The van der Waals surface area contributed by atoms with Crippen LogP contribution >= 0.6 is 24.0 Å². The van der Waals surface area contributed by atoms with Gasteiger partial charge in [-0.1, -0.05) is 17.3 Å². The number of likely N-dealkylation sites (N-methyl/N-ethyl adjacent to an activating group) is 1. The molecule has 0 unspecified atom stereocenters. The molecular weight excluding hydrogens is 511 g/mol. The highest BCUT2D eigenvalue weighted by molar-refractivity contribution is 14.0. The van der Waals surface area contributed by atoms with Crippen LogP contribution in [-0.4, -0.2) is 73.2 Å². The standard InChI is InChI=1S/C21H30N6O3.HI/c1-3-23-20(28)16-29-19-6-4-5-17(13-19)14-24-21(22-2)27-10-8-26(9-11-27)15-18-7-12-30-25-18;/h4-7,12-13H,3,8-11,14-16H2,1-2H3,(H,22,24)(H,23,28);1H. The number of carbonyl (C=O) groups is 1. The highest BCUT2D eigenvalue weighted by Crippen LogP contribution is 2.13. The third-order valence-corrected chi connectivity index (χ3v) is 4.85. The molecule has 1 amide bonds. The molecule has 0 saturated carbocycles. The van der Waals surface area contributed by atoms with E-state index >= 15 is 0 Å². The molecule has 170 valence electrons. The Labute approximate surface area is 200 Å². The predicted molar refractivity (Wildman–Crippen MR) is 130 cm³/mol. The number of hydrogen-bond acceptors (Lipinski definition) is 6. The molecule has 2 N–H and O–H groups in total. The Morgan fingerprint density at radius 3 is 2.71 bits per heavy atom. The zero-order chi connectivity index (χ0) is 21.2. The molecule has 0 spiro atoms. The molecule has 0 bridgehead atoms. The highest BCUT2D eigenvalue weighted by atomic mass is 127. The number of amides is 1. The van der Waals surface area contributed by atoms with Crippen LogP contribution in [0.4, 0.5) is 0 Å². The number of benzene rings is 1. The van der Waals surface area contributed by atoms with Crippen molar-refractivity contribution in [3.05, 3.63) is 47.9 Å². The number of aromatic nitrogens is 1. The summed E-state index contributed by atoms with van der Waals surface area (Å²) in [6, 6.07) is 9.65. The minimum absolute atomic E-state index is 0. The van der Waals surface area contributed by atoms with E-state index in [1.165, 1.54) is 0 Å². The van der Waals surface area contributed by atoms with Crippen LogP contribution in [0.2, 0.25) is 0 Å². The second kappa shape index (κ2) is 13.2. The number of hydrogen-bond donors (Lipinski definition) is 2. The van der Waals surface area contributed by atoms with Gasteiger partial charge in [0.25, 0.3) is 5.91 Å². The topological polar surface area (TPSA) is 95.2 Å². The molecule has 0 aliphatic carbocycles. The molecule has 1 aliphatic rings. The number of rotatable bonds is 8. The number of nitrogens with zero attached hydrogens (tertiary/aromatic N) is 4. The first-order valence-corrected chi connectivity index (χ1v) is 10.2. The van der Waals surface area contributed by atoms with E-state index in [2.05, 4.69) is 30.6 Å². The Kier molecular flexibility index (Phi) is 10.6. The van der Waals surface area contributed by atoms with Gasteiger partial charge in [0.15, 0.2) is 12.6 Å². The van der Waals surface area contributed by atoms with Gasteiger partial charge in [0.05, 0.1) is 5.69 Å². The van der Waals surface area contributed by atoms with E-state index in [1.807, 2.05) is 37.3 Å². The lowest BCUT2D eigenvalue weighted by Gasteiger charge is -2.36. The van der Waals surface area contributed by atoms with Gasteiger partial charge in [-0.05, 0) is 24.6 Å². The molecule has 0 atom stereocenters.